The maximum absolute atomic E-state index is 6.11. The highest BCUT2D eigenvalue weighted by molar-refractivity contribution is 6.30. The Morgan fingerprint density at radius 2 is 2.08 bits per heavy atom. The van der Waals surface area contributed by atoms with E-state index >= 15 is 0 Å². The molecular formula is C18H19ClN6. The van der Waals surface area contributed by atoms with Gasteiger partial charge in [0.2, 0.25) is 0 Å². The Balaban J connectivity index is 1.65. The van der Waals surface area contributed by atoms with Gasteiger partial charge in [-0.3, -0.25) is 0 Å². The maximum Gasteiger partial charge on any atom is 0.163 e. The zero-order chi connectivity index (χ0) is 17.4. The van der Waals surface area contributed by atoms with Crippen LogP contribution in [0.25, 0.3) is 11.0 Å². The normalized spacial score (nSPS) is 14.0. The van der Waals surface area contributed by atoms with Gasteiger partial charge in [0.1, 0.15) is 12.1 Å². The van der Waals surface area contributed by atoms with Crippen LogP contribution in [0.1, 0.15) is 30.1 Å². The molecule has 1 aromatic carbocycles. The van der Waals surface area contributed by atoms with Crippen LogP contribution in [0.15, 0.2) is 42.3 Å². The van der Waals surface area contributed by atoms with Crippen LogP contribution in [0, 0.1) is 0 Å². The van der Waals surface area contributed by atoms with Crippen molar-refractivity contribution in [3.05, 3.63) is 53.6 Å². The summed E-state index contributed by atoms with van der Waals surface area (Å²) in [7, 11) is 0. The van der Waals surface area contributed by atoms with E-state index in [-0.39, 0.29) is 0 Å². The van der Waals surface area contributed by atoms with Crippen molar-refractivity contribution in [2.45, 2.75) is 31.7 Å². The van der Waals surface area contributed by atoms with Crippen LogP contribution >= 0.6 is 11.6 Å². The predicted molar refractivity (Wildman–Crippen MR) is 100 cm³/mol. The van der Waals surface area contributed by atoms with Gasteiger partial charge in [-0.25, -0.2) is 14.6 Å². The standard InChI is InChI=1S/C18H19ClN6/c1-11(19)23-14-5-3-2-4-12(14)6-9-15-16-17(20)21-10-22-18(16)25(24-15)13-7-8-13/h2-5,10,13,23H,1,6-9H2,(H2,20,21,22). The first kappa shape index (κ1) is 15.9. The highest BCUT2D eigenvalue weighted by Crippen LogP contribution is 2.38. The van der Waals surface area contributed by atoms with Crippen molar-refractivity contribution in [2.24, 2.45) is 0 Å². The third-order valence-corrected chi connectivity index (χ3v) is 4.50. The van der Waals surface area contributed by atoms with E-state index < -0.39 is 0 Å². The minimum Gasteiger partial charge on any atom is -0.383 e. The minimum absolute atomic E-state index is 0.397. The third-order valence-electron chi connectivity index (χ3n) is 4.40. The average molecular weight is 355 g/mol. The lowest BCUT2D eigenvalue weighted by molar-refractivity contribution is 0.643. The Kier molecular flexibility index (Phi) is 4.05. The number of nitrogens with zero attached hydrogens (tertiary/aromatic N) is 4. The van der Waals surface area contributed by atoms with Crippen LogP contribution in [-0.4, -0.2) is 19.7 Å². The van der Waals surface area contributed by atoms with Crippen molar-refractivity contribution >= 4 is 34.1 Å². The summed E-state index contributed by atoms with van der Waals surface area (Å²) in [6.45, 7) is 3.70. The molecule has 7 heteroatoms. The monoisotopic (exact) mass is 354 g/mol. The number of nitrogens with two attached hydrogens (primary N) is 1. The van der Waals surface area contributed by atoms with Gasteiger partial charge >= 0.3 is 0 Å². The summed E-state index contributed by atoms with van der Waals surface area (Å²) in [4.78, 5) is 8.55. The molecule has 128 valence electrons. The fourth-order valence-corrected chi connectivity index (χ4v) is 3.18. The van der Waals surface area contributed by atoms with Crippen LogP contribution in [0.4, 0.5) is 11.5 Å². The first-order chi connectivity index (χ1) is 12.1. The van der Waals surface area contributed by atoms with E-state index in [1.165, 1.54) is 6.33 Å². The summed E-state index contributed by atoms with van der Waals surface area (Å²) in [5, 5.41) is 9.15. The number of nitrogen functional groups attached to an aromatic ring is 1. The number of para-hydroxylation sites is 1. The van der Waals surface area contributed by atoms with Gasteiger partial charge in [-0.05, 0) is 37.3 Å². The van der Waals surface area contributed by atoms with Crippen LogP contribution in [0.3, 0.4) is 0 Å². The van der Waals surface area contributed by atoms with Gasteiger partial charge in [0, 0.05) is 5.69 Å². The lowest BCUT2D eigenvalue weighted by Gasteiger charge is -2.10. The maximum atomic E-state index is 6.11. The molecule has 0 spiro atoms. The quantitative estimate of drug-likeness (QED) is 0.660. The number of rotatable bonds is 6. The number of aryl methyl sites for hydroxylation is 2. The molecule has 3 N–H and O–H groups in total. The van der Waals surface area contributed by atoms with Crippen molar-refractivity contribution in [3.8, 4) is 0 Å². The molecule has 0 saturated heterocycles. The molecule has 2 heterocycles. The molecule has 1 fully saturated rings. The molecule has 2 aromatic heterocycles. The summed E-state index contributed by atoms with van der Waals surface area (Å²) in [6.07, 6.45) is 5.35. The molecule has 1 aliphatic rings. The molecule has 25 heavy (non-hydrogen) atoms. The number of benzene rings is 1. The summed E-state index contributed by atoms with van der Waals surface area (Å²) >= 11 is 5.89. The van der Waals surface area contributed by atoms with E-state index in [1.807, 2.05) is 22.9 Å². The predicted octanol–water partition coefficient (Wildman–Crippen LogP) is 3.65. The number of halogens is 1. The number of hydrogen-bond donors (Lipinski definition) is 2. The highest BCUT2D eigenvalue weighted by atomic mass is 35.5. The summed E-state index contributed by atoms with van der Waals surface area (Å²) in [6, 6.07) is 8.48. The van der Waals surface area contributed by atoms with Crippen molar-refractivity contribution in [3.63, 3.8) is 0 Å². The average Bonchev–Trinajstić information content (AvgIpc) is 3.36. The fraction of sp³-hybridized carbons (Fsp3) is 0.278. The Hall–Kier alpha value is -2.60. The number of nitrogens with one attached hydrogen (secondary N) is 1. The Morgan fingerprint density at radius 1 is 1.28 bits per heavy atom. The van der Waals surface area contributed by atoms with Crippen LogP contribution in [0.2, 0.25) is 0 Å². The first-order valence-electron chi connectivity index (χ1n) is 8.30. The van der Waals surface area contributed by atoms with E-state index in [2.05, 4.69) is 27.9 Å². The van der Waals surface area contributed by atoms with Gasteiger partial charge in [-0.1, -0.05) is 36.4 Å². The van der Waals surface area contributed by atoms with E-state index in [0.29, 0.717) is 17.0 Å². The minimum atomic E-state index is 0.397. The lowest BCUT2D eigenvalue weighted by Crippen LogP contribution is -2.01. The van der Waals surface area contributed by atoms with Gasteiger partial charge in [-0.15, -0.1) is 0 Å². The Morgan fingerprint density at radius 3 is 2.84 bits per heavy atom. The first-order valence-corrected chi connectivity index (χ1v) is 8.68. The summed E-state index contributed by atoms with van der Waals surface area (Å²) in [5.74, 6) is 0.493. The van der Waals surface area contributed by atoms with Crippen molar-refractivity contribution in [2.75, 3.05) is 11.1 Å². The number of aromatic nitrogens is 4. The SMILES string of the molecule is C=C(Cl)Nc1ccccc1CCc1nn(C2CC2)c2ncnc(N)c12. The van der Waals surface area contributed by atoms with E-state index in [1.54, 1.807) is 0 Å². The molecule has 0 unspecified atom stereocenters. The van der Waals surface area contributed by atoms with Gasteiger partial charge < -0.3 is 11.1 Å². The Bertz CT molecular complexity index is 944. The fourth-order valence-electron chi connectivity index (χ4n) is 3.08. The van der Waals surface area contributed by atoms with Crippen LogP contribution < -0.4 is 11.1 Å². The number of hydrogen-bond acceptors (Lipinski definition) is 5. The number of fused-ring (bicyclic) bond motifs is 1. The second kappa shape index (κ2) is 6.37. The summed E-state index contributed by atoms with van der Waals surface area (Å²) in [5.41, 5.74) is 10.00. The molecule has 3 aromatic rings. The van der Waals surface area contributed by atoms with E-state index in [4.69, 9.17) is 22.4 Å². The van der Waals surface area contributed by atoms with Gasteiger partial charge in [0.05, 0.1) is 22.3 Å². The van der Waals surface area contributed by atoms with E-state index in [0.717, 1.165) is 53.7 Å². The topological polar surface area (TPSA) is 81.7 Å². The molecule has 0 atom stereocenters. The molecule has 0 amide bonds. The highest BCUT2D eigenvalue weighted by Gasteiger charge is 2.28. The van der Waals surface area contributed by atoms with Crippen LogP contribution in [-0.2, 0) is 12.8 Å². The molecular weight excluding hydrogens is 336 g/mol. The molecule has 6 nitrogen and oxygen atoms in total. The third kappa shape index (κ3) is 3.17. The molecule has 0 aliphatic heterocycles. The smallest absolute Gasteiger partial charge is 0.163 e. The van der Waals surface area contributed by atoms with Crippen LogP contribution in [0.5, 0.6) is 0 Å². The van der Waals surface area contributed by atoms with Gasteiger partial charge in [0.25, 0.3) is 0 Å². The van der Waals surface area contributed by atoms with Crippen molar-refractivity contribution in [1.82, 2.24) is 19.7 Å². The van der Waals surface area contributed by atoms with Gasteiger partial charge in [0.15, 0.2) is 5.65 Å². The second-order valence-corrected chi connectivity index (χ2v) is 6.72. The zero-order valence-corrected chi connectivity index (χ0v) is 14.5. The van der Waals surface area contributed by atoms with Crippen molar-refractivity contribution in [1.29, 1.82) is 0 Å². The molecule has 1 aliphatic carbocycles. The lowest BCUT2D eigenvalue weighted by atomic mass is 10.0. The number of anilines is 2. The molecule has 0 radical (unpaired) electrons. The summed E-state index contributed by atoms with van der Waals surface area (Å²) < 4.78 is 2.01. The Labute approximate surface area is 150 Å². The molecule has 4 rings (SSSR count). The molecule has 1 saturated carbocycles. The van der Waals surface area contributed by atoms with Gasteiger partial charge in [-0.2, -0.15) is 5.10 Å². The zero-order valence-electron chi connectivity index (χ0n) is 13.7. The van der Waals surface area contributed by atoms with Crippen molar-refractivity contribution < 1.29 is 0 Å². The van der Waals surface area contributed by atoms with E-state index in [9.17, 15) is 0 Å². The molecule has 0 bridgehead atoms. The second-order valence-electron chi connectivity index (χ2n) is 6.27. The largest absolute Gasteiger partial charge is 0.383 e.